The second kappa shape index (κ2) is 21.5. The van der Waals surface area contributed by atoms with E-state index in [1.54, 1.807) is 22.6 Å². The van der Waals surface area contributed by atoms with Crippen molar-refractivity contribution >= 4 is 77.7 Å². The summed E-state index contributed by atoms with van der Waals surface area (Å²) in [4.78, 5) is 15.9. The molecule has 0 aliphatic heterocycles. The van der Waals surface area contributed by atoms with Gasteiger partial charge in [0.2, 0.25) is 0 Å². The molecular formula is C30H15Br2Cl2F15IN5. The van der Waals surface area contributed by atoms with Gasteiger partial charge in [0.25, 0.3) is 0 Å². The lowest BCUT2D eigenvalue weighted by Crippen LogP contribution is -2.07. The van der Waals surface area contributed by atoms with E-state index < -0.39 is 59.4 Å². The zero-order valence-corrected chi connectivity index (χ0v) is 32.8. The predicted octanol–water partition coefficient (Wildman–Crippen LogP) is 13.9. The fourth-order valence-electron chi connectivity index (χ4n) is 2.82. The van der Waals surface area contributed by atoms with Crippen LogP contribution in [0.3, 0.4) is 0 Å². The van der Waals surface area contributed by atoms with Gasteiger partial charge in [-0.15, -0.1) is 0 Å². The molecule has 0 amide bonds. The van der Waals surface area contributed by atoms with Gasteiger partial charge in [0.15, 0.2) is 0 Å². The molecule has 0 atom stereocenters. The lowest BCUT2D eigenvalue weighted by Gasteiger charge is -2.04. The van der Waals surface area contributed by atoms with Crippen LogP contribution in [0.2, 0.25) is 10.2 Å². The average molecular weight is 1090 g/mol. The highest BCUT2D eigenvalue weighted by molar-refractivity contribution is 14.1. The Morgan fingerprint density at radius 3 is 1.16 bits per heavy atom. The normalized spacial score (nSPS) is 11.6. The molecule has 300 valence electrons. The molecule has 55 heavy (non-hydrogen) atoms. The largest absolute Gasteiger partial charge is 0.433 e. The highest BCUT2D eigenvalue weighted by atomic mass is 127. The number of halogens is 20. The zero-order valence-electron chi connectivity index (χ0n) is 26.0. The highest BCUT2D eigenvalue weighted by Crippen LogP contribution is 2.31. The first-order valence-electron chi connectivity index (χ1n) is 13.5. The van der Waals surface area contributed by atoms with E-state index in [0.29, 0.717) is 8.17 Å². The Balaban J connectivity index is 0.000000344. The molecule has 0 N–H and O–H groups in total. The Bertz CT molecular complexity index is 1620. The van der Waals surface area contributed by atoms with Crippen LogP contribution in [0.15, 0.2) is 100 Å². The molecule has 5 nitrogen and oxygen atoms in total. The summed E-state index contributed by atoms with van der Waals surface area (Å²) in [6.45, 7) is 0. The lowest BCUT2D eigenvalue weighted by atomic mass is 10.3. The maximum absolute atomic E-state index is 11.9. The number of hydrogen-bond donors (Lipinski definition) is 0. The molecule has 0 bridgehead atoms. The Morgan fingerprint density at radius 1 is 0.455 bits per heavy atom. The summed E-state index contributed by atoms with van der Waals surface area (Å²) in [5, 5.41) is -0.118. The molecule has 5 rings (SSSR count). The van der Waals surface area contributed by atoms with Crippen LogP contribution in [0, 0.1) is 3.70 Å². The van der Waals surface area contributed by atoms with Gasteiger partial charge in [-0.05, 0) is 99.2 Å². The van der Waals surface area contributed by atoms with Crippen LogP contribution in [0.4, 0.5) is 65.9 Å². The fraction of sp³-hybridized carbons (Fsp3) is 0.167. The Morgan fingerprint density at radius 2 is 0.855 bits per heavy atom. The van der Waals surface area contributed by atoms with Crippen molar-refractivity contribution in [3.8, 4) is 0 Å². The van der Waals surface area contributed by atoms with Crippen LogP contribution in [0.1, 0.15) is 28.5 Å². The molecule has 0 spiro atoms. The van der Waals surface area contributed by atoms with Crippen molar-refractivity contribution in [3.63, 3.8) is 0 Å². The van der Waals surface area contributed by atoms with Crippen LogP contribution in [-0.2, 0) is 30.9 Å². The maximum Gasteiger partial charge on any atom is 0.433 e. The van der Waals surface area contributed by atoms with Gasteiger partial charge in [-0.1, -0.05) is 57.3 Å². The van der Waals surface area contributed by atoms with E-state index in [1.807, 2.05) is 0 Å². The van der Waals surface area contributed by atoms with Crippen molar-refractivity contribution in [2.45, 2.75) is 30.9 Å². The molecule has 0 saturated heterocycles. The lowest BCUT2D eigenvalue weighted by molar-refractivity contribution is -0.142. The van der Waals surface area contributed by atoms with Crippen molar-refractivity contribution in [3.05, 3.63) is 143 Å². The summed E-state index contributed by atoms with van der Waals surface area (Å²) >= 11 is 18.0. The quantitative estimate of drug-likeness (QED) is 0.0878. The summed E-state index contributed by atoms with van der Waals surface area (Å²) in [7, 11) is 0. The molecule has 0 unspecified atom stereocenters. The van der Waals surface area contributed by atoms with E-state index in [9.17, 15) is 65.9 Å². The van der Waals surface area contributed by atoms with Crippen molar-refractivity contribution in [2.24, 2.45) is 0 Å². The molecule has 5 aromatic rings. The standard InChI is InChI=1S/2C6H3BrF3N.2C6H3ClF3N.C6H3F3IN/c7-4-1-2-11-5(3-4)6(8,9)10;7-5-3-1-2-4(11-5)6(8,9)10;7-4-1-2-11-5(3-4)6(8,9)10;7-5-3-1-2-4(11-5)6(8,9)10;7-6(8,9)4-2-1-3-5(10)11-4/h5*1-3H. The fourth-order valence-corrected chi connectivity index (χ4v) is 4.29. The third-order valence-corrected chi connectivity index (χ3v) is 7.02. The molecule has 5 aromatic heterocycles. The van der Waals surface area contributed by atoms with Crippen molar-refractivity contribution in [1.29, 1.82) is 0 Å². The van der Waals surface area contributed by atoms with E-state index in [4.69, 9.17) is 23.2 Å². The van der Waals surface area contributed by atoms with E-state index in [2.05, 4.69) is 56.8 Å². The van der Waals surface area contributed by atoms with Gasteiger partial charge in [-0.3, -0.25) is 9.97 Å². The average Bonchev–Trinajstić information content (AvgIpc) is 3.04. The second-order valence-electron chi connectivity index (χ2n) is 9.24. The Labute approximate surface area is 340 Å². The number of rotatable bonds is 0. The monoisotopic (exact) mass is 1080 g/mol. The molecule has 0 aliphatic carbocycles. The first-order chi connectivity index (χ1) is 25.0. The zero-order chi connectivity index (χ0) is 42.4. The van der Waals surface area contributed by atoms with Crippen LogP contribution in [0.5, 0.6) is 0 Å². The smallest absolute Gasteiger partial charge is 0.252 e. The Hall–Kier alpha value is -3.03. The minimum absolute atomic E-state index is 0.0346. The molecule has 25 heteroatoms. The number of pyridine rings is 5. The van der Waals surface area contributed by atoms with Crippen molar-refractivity contribution in [2.75, 3.05) is 0 Å². The minimum atomic E-state index is -4.41. The summed E-state index contributed by atoms with van der Waals surface area (Å²) < 4.78 is 179. The number of aromatic nitrogens is 5. The van der Waals surface area contributed by atoms with Crippen molar-refractivity contribution in [1.82, 2.24) is 24.9 Å². The van der Waals surface area contributed by atoms with E-state index in [-0.39, 0.29) is 14.8 Å². The molecule has 0 saturated carbocycles. The topological polar surface area (TPSA) is 64.5 Å². The van der Waals surface area contributed by atoms with Gasteiger partial charge in [0, 0.05) is 21.9 Å². The third-order valence-electron chi connectivity index (χ3n) is 5.04. The maximum atomic E-state index is 11.9. The third kappa shape index (κ3) is 20.6. The Kier molecular flexibility index (Phi) is 19.5. The van der Waals surface area contributed by atoms with Crippen LogP contribution in [-0.4, -0.2) is 24.9 Å². The SMILES string of the molecule is FC(F)(F)c1cc(Br)ccn1.FC(F)(F)c1cc(Cl)ccn1.FC(F)(F)c1cccc(Br)n1.FC(F)(F)c1cccc(Cl)n1.FC(F)(F)c1cccc(I)n1. The van der Waals surface area contributed by atoms with Gasteiger partial charge in [0.05, 0.1) is 0 Å². The van der Waals surface area contributed by atoms with Crippen LogP contribution < -0.4 is 0 Å². The summed E-state index contributed by atoms with van der Waals surface area (Å²) in [5.74, 6) is 0. The van der Waals surface area contributed by atoms with Gasteiger partial charge >= 0.3 is 30.9 Å². The van der Waals surface area contributed by atoms with Gasteiger partial charge < -0.3 is 0 Å². The molecule has 0 fully saturated rings. The highest BCUT2D eigenvalue weighted by Gasteiger charge is 2.35. The number of nitrogens with zero attached hydrogens (tertiary/aromatic N) is 5. The van der Waals surface area contributed by atoms with Gasteiger partial charge in [0.1, 0.15) is 41.9 Å². The number of alkyl halides is 15. The minimum Gasteiger partial charge on any atom is -0.252 e. The van der Waals surface area contributed by atoms with E-state index >= 15 is 0 Å². The van der Waals surface area contributed by atoms with E-state index in [1.165, 1.54) is 48.5 Å². The summed E-state index contributed by atoms with van der Waals surface area (Å²) in [5.41, 5.74) is -4.54. The molecule has 5 heterocycles. The van der Waals surface area contributed by atoms with Gasteiger partial charge in [-0.25, -0.2) is 15.0 Å². The molecular weight excluding hydrogens is 1070 g/mol. The van der Waals surface area contributed by atoms with Crippen LogP contribution in [0.25, 0.3) is 0 Å². The van der Waals surface area contributed by atoms with Crippen LogP contribution >= 0.6 is 77.7 Å². The summed E-state index contributed by atoms with van der Waals surface area (Å²) in [6.07, 6.45) is -19.7. The predicted molar refractivity (Wildman–Crippen MR) is 184 cm³/mol. The second-order valence-corrected chi connectivity index (χ2v) is 12.9. The first-order valence-corrected chi connectivity index (χ1v) is 16.9. The van der Waals surface area contributed by atoms with Crippen molar-refractivity contribution < 1.29 is 65.9 Å². The molecule has 0 aromatic carbocycles. The number of hydrogen-bond acceptors (Lipinski definition) is 5. The molecule has 0 radical (unpaired) electrons. The molecule has 0 aliphatic rings. The van der Waals surface area contributed by atoms with E-state index in [0.717, 1.165) is 42.7 Å². The first kappa shape index (κ1) is 50.0. The summed E-state index contributed by atoms with van der Waals surface area (Å²) in [6, 6.07) is 15.2. The van der Waals surface area contributed by atoms with Gasteiger partial charge in [-0.2, -0.15) is 65.9 Å².